The third kappa shape index (κ3) is 4.34. The molecule has 0 atom stereocenters. The molecule has 0 heterocycles. The molecule has 0 spiro atoms. The Morgan fingerprint density at radius 2 is 2.12 bits per heavy atom. The van der Waals surface area contributed by atoms with Crippen molar-refractivity contribution in [3.8, 4) is 5.75 Å². The second kappa shape index (κ2) is 5.49. The van der Waals surface area contributed by atoms with Crippen LogP contribution in [0.5, 0.6) is 5.75 Å². The predicted octanol–water partition coefficient (Wildman–Crippen LogP) is 3.71. The number of rotatable bonds is 5. The van der Waals surface area contributed by atoms with Crippen molar-refractivity contribution in [2.75, 3.05) is 6.61 Å². The monoisotopic (exact) mass is 301 g/mol. The Morgan fingerprint density at radius 1 is 1.47 bits per heavy atom. The highest BCUT2D eigenvalue weighted by Gasteiger charge is 2.19. The third-order valence-corrected chi connectivity index (χ3v) is 2.42. The van der Waals surface area contributed by atoms with Gasteiger partial charge in [0.05, 0.1) is 11.5 Å². The highest BCUT2D eigenvalue weighted by atomic mass is 79.9. The lowest BCUT2D eigenvalue weighted by Gasteiger charge is -2.16. The zero-order valence-electron chi connectivity index (χ0n) is 10.2. The van der Waals surface area contributed by atoms with Gasteiger partial charge in [-0.2, -0.15) is 0 Å². The number of nitro benzene ring substituents is 1. The smallest absolute Gasteiger partial charge is 0.311 e. The average molecular weight is 302 g/mol. The Balaban J connectivity index is 3.05. The van der Waals surface area contributed by atoms with Gasteiger partial charge in [0.2, 0.25) is 0 Å². The molecule has 0 aliphatic carbocycles. The van der Waals surface area contributed by atoms with Gasteiger partial charge < -0.3 is 4.74 Å². The van der Waals surface area contributed by atoms with Gasteiger partial charge >= 0.3 is 5.69 Å². The minimum atomic E-state index is -0.407. The van der Waals surface area contributed by atoms with Crippen molar-refractivity contribution in [3.63, 3.8) is 0 Å². The van der Waals surface area contributed by atoms with Crippen LogP contribution in [0.1, 0.15) is 26.3 Å². The molecule has 0 unspecified atom stereocenters. The summed E-state index contributed by atoms with van der Waals surface area (Å²) >= 11 is 3.53. The first-order valence-electron chi connectivity index (χ1n) is 5.42. The number of nitrogens with zero attached hydrogens (tertiary/aromatic N) is 1. The zero-order valence-corrected chi connectivity index (χ0v) is 11.8. The Morgan fingerprint density at radius 3 is 2.59 bits per heavy atom. The van der Waals surface area contributed by atoms with Gasteiger partial charge in [-0.3, -0.25) is 10.1 Å². The molecular weight excluding hydrogens is 286 g/mol. The Hall–Kier alpha value is -1.10. The van der Waals surface area contributed by atoms with Crippen molar-refractivity contribution in [1.82, 2.24) is 0 Å². The fraction of sp³-hybridized carbons (Fsp3) is 0.500. The fourth-order valence-corrected chi connectivity index (χ4v) is 1.90. The number of hydrogen-bond acceptors (Lipinski definition) is 3. The first-order valence-corrected chi connectivity index (χ1v) is 6.22. The fourth-order valence-electron chi connectivity index (χ4n) is 1.58. The number of alkyl halides is 1. The molecule has 5 heteroatoms. The average Bonchev–Trinajstić information content (AvgIpc) is 2.18. The van der Waals surface area contributed by atoms with Crippen LogP contribution in [0.25, 0.3) is 0 Å². The van der Waals surface area contributed by atoms with Crippen LogP contribution in [-0.2, 0) is 6.42 Å². The lowest BCUT2D eigenvalue weighted by atomic mass is 10.0. The molecule has 1 aromatic carbocycles. The molecule has 94 valence electrons. The van der Waals surface area contributed by atoms with E-state index in [2.05, 4.69) is 15.9 Å². The molecule has 0 N–H and O–H groups in total. The number of halogens is 1. The van der Waals surface area contributed by atoms with Crippen LogP contribution in [0.15, 0.2) is 18.2 Å². The summed E-state index contributed by atoms with van der Waals surface area (Å²) in [5.74, 6) is 0.327. The standard InChI is InChI=1S/C12H16BrNO3/c1-4-17-11-6-5-9(8-12(2,3)13)7-10(11)14(15)16/h5-7H,4,8H2,1-3H3. The lowest BCUT2D eigenvalue weighted by Crippen LogP contribution is -2.13. The minimum Gasteiger partial charge on any atom is -0.487 e. The molecule has 0 saturated carbocycles. The maximum absolute atomic E-state index is 10.9. The van der Waals surface area contributed by atoms with Crippen molar-refractivity contribution in [2.24, 2.45) is 0 Å². The summed E-state index contributed by atoms with van der Waals surface area (Å²) in [5, 5.41) is 10.9. The molecule has 1 rings (SSSR count). The molecule has 0 amide bonds. The van der Waals surface area contributed by atoms with Gasteiger partial charge in [0, 0.05) is 10.4 Å². The zero-order chi connectivity index (χ0) is 13.1. The van der Waals surface area contributed by atoms with Crippen LogP contribution in [-0.4, -0.2) is 15.9 Å². The van der Waals surface area contributed by atoms with E-state index in [-0.39, 0.29) is 10.0 Å². The van der Waals surface area contributed by atoms with Crippen LogP contribution >= 0.6 is 15.9 Å². The van der Waals surface area contributed by atoms with E-state index in [0.717, 1.165) is 12.0 Å². The maximum atomic E-state index is 10.9. The van der Waals surface area contributed by atoms with E-state index in [0.29, 0.717) is 12.4 Å². The van der Waals surface area contributed by atoms with Crippen molar-refractivity contribution < 1.29 is 9.66 Å². The van der Waals surface area contributed by atoms with Crippen molar-refractivity contribution in [2.45, 2.75) is 31.5 Å². The van der Waals surface area contributed by atoms with Crippen molar-refractivity contribution in [3.05, 3.63) is 33.9 Å². The molecule has 0 radical (unpaired) electrons. The van der Waals surface area contributed by atoms with E-state index in [1.165, 1.54) is 0 Å². The molecule has 0 bridgehead atoms. The van der Waals surface area contributed by atoms with Gasteiger partial charge in [0.15, 0.2) is 5.75 Å². The van der Waals surface area contributed by atoms with Crippen LogP contribution in [0.3, 0.4) is 0 Å². The van der Waals surface area contributed by atoms with Crippen LogP contribution < -0.4 is 4.74 Å². The second-order valence-corrected chi connectivity index (χ2v) is 6.53. The lowest BCUT2D eigenvalue weighted by molar-refractivity contribution is -0.385. The van der Waals surface area contributed by atoms with Gasteiger partial charge in [-0.15, -0.1) is 0 Å². The van der Waals surface area contributed by atoms with E-state index in [1.54, 1.807) is 19.1 Å². The predicted molar refractivity (Wildman–Crippen MR) is 71.0 cm³/mol. The van der Waals surface area contributed by atoms with E-state index in [9.17, 15) is 10.1 Å². The van der Waals surface area contributed by atoms with E-state index >= 15 is 0 Å². The minimum absolute atomic E-state index is 0.0288. The topological polar surface area (TPSA) is 52.4 Å². The SMILES string of the molecule is CCOc1ccc(CC(C)(C)Br)cc1[N+](=O)[O-]. The summed E-state index contributed by atoms with van der Waals surface area (Å²) in [5.41, 5.74) is 0.947. The van der Waals surface area contributed by atoms with Crippen molar-refractivity contribution in [1.29, 1.82) is 0 Å². The molecule has 1 aromatic rings. The van der Waals surface area contributed by atoms with Gasteiger partial charge in [-0.25, -0.2) is 0 Å². The molecular formula is C12H16BrNO3. The van der Waals surface area contributed by atoms with Gasteiger partial charge in [-0.05, 0) is 38.8 Å². The van der Waals surface area contributed by atoms with Crippen LogP contribution in [0, 0.1) is 10.1 Å². The Kier molecular flexibility index (Phi) is 4.51. The number of nitro groups is 1. The highest BCUT2D eigenvalue weighted by molar-refractivity contribution is 9.10. The third-order valence-electron chi connectivity index (χ3n) is 2.14. The molecule has 0 aromatic heterocycles. The van der Waals surface area contributed by atoms with E-state index < -0.39 is 4.92 Å². The van der Waals surface area contributed by atoms with E-state index in [4.69, 9.17) is 4.74 Å². The molecule has 0 fully saturated rings. The summed E-state index contributed by atoms with van der Waals surface area (Å²) in [6.07, 6.45) is 0.722. The van der Waals surface area contributed by atoms with Gasteiger partial charge in [0.1, 0.15) is 0 Å². The Bertz CT molecular complexity index is 413. The van der Waals surface area contributed by atoms with Gasteiger partial charge in [-0.1, -0.05) is 22.0 Å². The first kappa shape index (κ1) is 14.0. The summed E-state index contributed by atoms with van der Waals surface area (Å²) in [6.45, 7) is 6.27. The molecule has 4 nitrogen and oxygen atoms in total. The summed E-state index contributed by atoms with van der Waals surface area (Å²) in [7, 11) is 0. The normalized spacial score (nSPS) is 11.3. The summed E-state index contributed by atoms with van der Waals surface area (Å²) in [4.78, 5) is 10.5. The highest BCUT2D eigenvalue weighted by Crippen LogP contribution is 2.30. The second-order valence-electron chi connectivity index (χ2n) is 4.39. The maximum Gasteiger partial charge on any atom is 0.311 e. The number of ether oxygens (including phenoxy) is 1. The largest absolute Gasteiger partial charge is 0.487 e. The number of hydrogen-bond donors (Lipinski definition) is 0. The van der Waals surface area contributed by atoms with Crippen LogP contribution in [0.2, 0.25) is 0 Å². The first-order chi connectivity index (χ1) is 7.83. The summed E-state index contributed by atoms with van der Waals surface area (Å²) < 4.78 is 5.15. The molecule has 0 aliphatic rings. The summed E-state index contributed by atoms with van der Waals surface area (Å²) in [6, 6.07) is 5.10. The molecule has 17 heavy (non-hydrogen) atoms. The van der Waals surface area contributed by atoms with E-state index in [1.807, 2.05) is 19.9 Å². The molecule has 0 aliphatic heterocycles. The van der Waals surface area contributed by atoms with Crippen LogP contribution in [0.4, 0.5) is 5.69 Å². The van der Waals surface area contributed by atoms with Crippen molar-refractivity contribution >= 4 is 21.6 Å². The Labute approximate surface area is 109 Å². The van der Waals surface area contributed by atoms with Gasteiger partial charge in [0.25, 0.3) is 0 Å². The number of benzene rings is 1. The quantitative estimate of drug-likeness (QED) is 0.473. The molecule has 0 saturated heterocycles.